The van der Waals surface area contributed by atoms with Gasteiger partial charge in [0.15, 0.2) is 0 Å². The fourth-order valence-corrected chi connectivity index (χ4v) is 2.42. The van der Waals surface area contributed by atoms with Gasteiger partial charge in [-0.1, -0.05) is 0 Å². The molecule has 1 aliphatic rings. The summed E-state index contributed by atoms with van der Waals surface area (Å²) in [4.78, 5) is 13.1. The summed E-state index contributed by atoms with van der Waals surface area (Å²) in [5, 5.41) is 0. The number of carbonyl (C=O) groups is 1. The van der Waals surface area contributed by atoms with Gasteiger partial charge in [-0.3, -0.25) is 0 Å². The second-order valence-electron chi connectivity index (χ2n) is 4.37. The summed E-state index contributed by atoms with van der Waals surface area (Å²) in [6.45, 7) is 4.38. The fourth-order valence-electron chi connectivity index (χ4n) is 1.93. The van der Waals surface area contributed by atoms with Crippen molar-refractivity contribution in [2.45, 2.75) is 0 Å². The summed E-state index contributed by atoms with van der Waals surface area (Å²) in [6.07, 6.45) is 0. The number of carbonyl (C=O) groups excluding carboxylic acids is 1. The molecule has 0 bridgehead atoms. The summed E-state index contributed by atoms with van der Waals surface area (Å²) >= 11 is 2.04. The van der Waals surface area contributed by atoms with Gasteiger partial charge in [-0.15, -0.1) is 0 Å². The van der Waals surface area contributed by atoms with Crippen LogP contribution in [-0.2, 0) is 9.47 Å². The fraction of sp³-hybridized carbons (Fsp3) is 0.462. The van der Waals surface area contributed by atoms with Crippen molar-refractivity contribution in [1.29, 1.82) is 0 Å². The molecule has 4 nitrogen and oxygen atoms in total. The molecule has 1 N–H and O–H groups in total. The normalized spacial score (nSPS) is 16.3. The zero-order chi connectivity index (χ0) is 13.7. The predicted octanol–water partition coefficient (Wildman–Crippen LogP) is 0.502. The van der Waals surface area contributed by atoms with Gasteiger partial charge in [0.2, 0.25) is 0 Å². The number of nitrogens with one attached hydrogen (secondary N) is 1. The number of quaternary nitrogens is 1. The molecule has 0 unspecified atom stereocenters. The lowest BCUT2D eigenvalue weighted by Gasteiger charge is -2.23. The maximum absolute atomic E-state index is 13.5. The van der Waals surface area contributed by atoms with Gasteiger partial charge in [0.1, 0.15) is 32.1 Å². The van der Waals surface area contributed by atoms with Gasteiger partial charge in [-0.25, -0.2) is 9.18 Å². The third-order valence-electron chi connectivity index (χ3n) is 3.04. The molecule has 0 saturated carbocycles. The second kappa shape index (κ2) is 7.16. The number of hydrogen-bond acceptors (Lipinski definition) is 3. The molecule has 6 heteroatoms. The van der Waals surface area contributed by atoms with Crippen molar-refractivity contribution in [3.05, 3.63) is 33.1 Å². The molecule has 1 aromatic rings. The number of morpholine rings is 1. The Balaban J connectivity index is 1.82. The van der Waals surface area contributed by atoms with Crippen molar-refractivity contribution in [3.63, 3.8) is 0 Å². The van der Waals surface area contributed by atoms with Crippen LogP contribution in [0.15, 0.2) is 18.2 Å². The highest BCUT2D eigenvalue weighted by Gasteiger charge is 2.16. The van der Waals surface area contributed by atoms with Gasteiger partial charge in [0, 0.05) is 3.57 Å². The van der Waals surface area contributed by atoms with Gasteiger partial charge in [-0.05, 0) is 40.8 Å². The Labute approximate surface area is 125 Å². The van der Waals surface area contributed by atoms with E-state index in [0.717, 1.165) is 36.4 Å². The zero-order valence-electron chi connectivity index (χ0n) is 10.5. The van der Waals surface area contributed by atoms with Gasteiger partial charge < -0.3 is 14.4 Å². The standard InChI is InChI=1S/C13H15FINO3/c14-12-2-1-10(15)9-11(12)13(17)19-8-5-16-3-6-18-7-4-16/h1-2,9H,3-8H2/p+1. The van der Waals surface area contributed by atoms with Crippen molar-refractivity contribution >= 4 is 28.6 Å². The minimum atomic E-state index is -0.594. The lowest BCUT2D eigenvalue weighted by Crippen LogP contribution is -3.14. The first kappa shape index (κ1) is 14.7. The minimum absolute atomic E-state index is 0.00359. The Bertz CT molecular complexity index is 450. The molecule has 1 aliphatic heterocycles. The molecule has 0 aliphatic carbocycles. The Kier molecular flexibility index (Phi) is 5.53. The van der Waals surface area contributed by atoms with Gasteiger partial charge in [0.05, 0.1) is 18.8 Å². The van der Waals surface area contributed by atoms with Crippen molar-refractivity contribution in [1.82, 2.24) is 0 Å². The highest BCUT2D eigenvalue weighted by Crippen LogP contribution is 2.13. The number of esters is 1. The van der Waals surface area contributed by atoms with Crippen LogP contribution in [0, 0.1) is 9.39 Å². The van der Waals surface area contributed by atoms with Crippen LogP contribution in [0.25, 0.3) is 0 Å². The Morgan fingerprint density at radius 2 is 2.16 bits per heavy atom. The van der Waals surface area contributed by atoms with E-state index in [9.17, 15) is 9.18 Å². The number of benzene rings is 1. The zero-order valence-corrected chi connectivity index (χ0v) is 12.6. The summed E-state index contributed by atoms with van der Waals surface area (Å²) in [5.74, 6) is -1.13. The highest BCUT2D eigenvalue weighted by molar-refractivity contribution is 14.1. The van der Waals surface area contributed by atoms with E-state index in [1.54, 1.807) is 6.07 Å². The van der Waals surface area contributed by atoms with E-state index in [4.69, 9.17) is 9.47 Å². The van der Waals surface area contributed by atoms with Gasteiger partial charge in [0.25, 0.3) is 0 Å². The van der Waals surface area contributed by atoms with Crippen LogP contribution in [0.5, 0.6) is 0 Å². The third kappa shape index (κ3) is 4.39. The predicted molar refractivity (Wildman–Crippen MR) is 75.8 cm³/mol. The van der Waals surface area contributed by atoms with E-state index in [1.807, 2.05) is 22.6 Å². The van der Waals surface area contributed by atoms with Crippen LogP contribution in [0.2, 0.25) is 0 Å². The molecule has 1 fully saturated rings. The van der Waals surface area contributed by atoms with Crippen LogP contribution < -0.4 is 4.90 Å². The molecular formula is C13H16FINO3+. The molecule has 1 saturated heterocycles. The summed E-state index contributed by atoms with van der Waals surface area (Å²) in [7, 11) is 0. The lowest BCUT2D eigenvalue weighted by molar-refractivity contribution is -0.908. The average Bonchev–Trinajstić information content (AvgIpc) is 2.42. The lowest BCUT2D eigenvalue weighted by atomic mass is 10.2. The number of rotatable bonds is 4. The van der Waals surface area contributed by atoms with E-state index in [0.29, 0.717) is 6.61 Å². The number of halogens is 2. The molecule has 1 heterocycles. The molecule has 19 heavy (non-hydrogen) atoms. The van der Waals surface area contributed by atoms with Crippen LogP contribution in [0.1, 0.15) is 10.4 Å². The number of hydrogen-bond donors (Lipinski definition) is 1. The SMILES string of the molecule is O=C(OCC[NH+]1CCOCC1)c1cc(I)ccc1F. The maximum Gasteiger partial charge on any atom is 0.341 e. The van der Waals surface area contributed by atoms with E-state index >= 15 is 0 Å². The summed E-state index contributed by atoms with van der Waals surface area (Å²) < 4.78 is 24.7. The molecule has 0 radical (unpaired) electrons. The smallest absolute Gasteiger partial charge is 0.341 e. The average molecular weight is 380 g/mol. The molecule has 0 aromatic heterocycles. The molecule has 2 rings (SSSR count). The van der Waals surface area contributed by atoms with Crippen molar-refractivity contribution in [2.24, 2.45) is 0 Å². The molecule has 0 atom stereocenters. The van der Waals surface area contributed by atoms with Crippen LogP contribution >= 0.6 is 22.6 Å². The van der Waals surface area contributed by atoms with Gasteiger partial charge in [-0.2, -0.15) is 0 Å². The van der Waals surface area contributed by atoms with Gasteiger partial charge >= 0.3 is 5.97 Å². The number of ether oxygens (including phenoxy) is 2. The first-order valence-electron chi connectivity index (χ1n) is 6.20. The third-order valence-corrected chi connectivity index (χ3v) is 3.71. The molecule has 104 valence electrons. The molecule has 1 aromatic carbocycles. The first-order chi connectivity index (χ1) is 9.16. The first-order valence-corrected chi connectivity index (χ1v) is 7.28. The van der Waals surface area contributed by atoms with Crippen molar-refractivity contribution in [2.75, 3.05) is 39.5 Å². The Morgan fingerprint density at radius 3 is 2.89 bits per heavy atom. The molecule has 0 spiro atoms. The Morgan fingerprint density at radius 1 is 1.42 bits per heavy atom. The minimum Gasteiger partial charge on any atom is -0.456 e. The monoisotopic (exact) mass is 380 g/mol. The van der Waals surface area contributed by atoms with Crippen LogP contribution in [-0.4, -0.2) is 45.4 Å². The van der Waals surface area contributed by atoms with Crippen LogP contribution in [0.3, 0.4) is 0 Å². The second-order valence-corrected chi connectivity index (χ2v) is 5.62. The van der Waals surface area contributed by atoms with E-state index in [-0.39, 0.29) is 5.56 Å². The molecule has 0 amide bonds. The topological polar surface area (TPSA) is 40.0 Å². The summed E-state index contributed by atoms with van der Waals surface area (Å²) in [6, 6.07) is 4.40. The van der Waals surface area contributed by atoms with Crippen molar-refractivity contribution < 1.29 is 23.6 Å². The van der Waals surface area contributed by atoms with E-state index in [2.05, 4.69) is 0 Å². The highest BCUT2D eigenvalue weighted by atomic mass is 127. The molecular weight excluding hydrogens is 364 g/mol. The van der Waals surface area contributed by atoms with Crippen LogP contribution in [0.4, 0.5) is 4.39 Å². The van der Waals surface area contributed by atoms with E-state index < -0.39 is 11.8 Å². The quantitative estimate of drug-likeness (QED) is 0.611. The van der Waals surface area contributed by atoms with Crippen molar-refractivity contribution in [3.8, 4) is 0 Å². The van der Waals surface area contributed by atoms with E-state index in [1.165, 1.54) is 17.0 Å². The largest absolute Gasteiger partial charge is 0.456 e. The Hall–Kier alpha value is -0.730. The maximum atomic E-state index is 13.5. The summed E-state index contributed by atoms with van der Waals surface area (Å²) in [5.41, 5.74) is 0.00359.